The summed E-state index contributed by atoms with van der Waals surface area (Å²) >= 11 is 0. The number of nitrogens with zero attached hydrogens (tertiary/aromatic N) is 2. The van der Waals surface area contributed by atoms with Crippen LogP contribution in [0.4, 0.5) is 17.1 Å². The number of nitro groups is 1. The van der Waals surface area contributed by atoms with Gasteiger partial charge in [0.1, 0.15) is 0 Å². The first-order valence-electron chi connectivity index (χ1n) is 8.89. The van der Waals surface area contributed by atoms with E-state index in [1.54, 1.807) is 12.1 Å². The number of hydrogen-bond donors (Lipinski definition) is 2. The molecule has 0 unspecified atom stereocenters. The molecule has 0 bridgehead atoms. The number of methoxy groups -OCH3 is 1. The van der Waals surface area contributed by atoms with Gasteiger partial charge in [0.15, 0.2) is 0 Å². The first-order valence-corrected chi connectivity index (χ1v) is 10.4. The zero-order valence-electron chi connectivity index (χ0n) is 16.5. The number of rotatable bonds is 7. The summed E-state index contributed by atoms with van der Waals surface area (Å²) in [7, 11) is -2.57. The minimum Gasteiger partial charge on any atom is -0.481 e. The Balaban J connectivity index is 1.73. The van der Waals surface area contributed by atoms with Crippen molar-refractivity contribution in [3.8, 4) is 5.88 Å². The molecule has 2 N–H and O–H groups in total. The van der Waals surface area contributed by atoms with E-state index in [4.69, 9.17) is 4.74 Å². The molecule has 10 nitrogen and oxygen atoms in total. The molecule has 3 rings (SSSR count). The fraction of sp³-hybridized carbons (Fsp3) is 0.100. The van der Waals surface area contributed by atoms with Gasteiger partial charge in [-0.3, -0.25) is 19.6 Å². The smallest absolute Gasteiger partial charge is 0.273 e. The van der Waals surface area contributed by atoms with Crippen LogP contribution in [0.3, 0.4) is 0 Å². The Morgan fingerprint density at radius 2 is 1.74 bits per heavy atom. The van der Waals surface area contributed by atoms with E-state index in [9.17, 15) is 23.3 Å². The molecule has 2 aromatic carbocycles. The Morgan fingerprint density at radius 3 is 2.32 bits per heavy atom. The Hall–Kier alpha value is -3.99. The minimum absolute atomic E-state index is 0.200. The largest absolute Gasteiger partial charge is 0.481 e. The first kappa shape index (κ1) is 21.7. The van der Waals surface area contributed by atoms with Gasteiger partial charge in [0, 0.05) is 28.9 Å². The second kappa shape index (κ2) is 8.79. The van der Waals surface area contributed by atoms with Crippen LogP contribution >= 0.6 is 0 Å². The normalized spacial score (nSPS) is 10.9. The number of sulfonamides is 1. The monoisotopic (exact) mass is 442 g/mol. The molecular weight excluding hydrogens is 424 g/mol. The van der Waals surface area contributed by atoms with Crippen molar-refractivity contribution in [2.45, 2.75) is 11.8 Å². The molecule has 1 heterocycles. The molecule has 0 saturated carbocycles. The second-order valence-corrected chi connectivity index (χ2v) is 8.11. The van der Waals surface area contributed by atoms with Gasteiger partial charge in [0.2, 0.25) is 5.88 Å². The predicted molar refractivity (Wildman–Crippen MR) is 114 cm³/mol. The molecule has 0 aliphatic rings. The van der Waals surface area contributed by atoms with Crippen LogP contribution < -0.4 is 14.8 Å². The van der Waals surface area contributed by atoms with Gasteiger partial charge in [-0.2, -0.15) is 0 Å². The number of benzene rings is 2. The van der Waals surface area contributed by atoms with Gasteiger partial charge in [-0.25, -0.2) is 13.4 Å². The average Bonchev–Trinajstić information content (AvgIpc) is 2.74. The Labute approximate surface area is 178 Å². The average molecular weight is 442 g/mol. The van der Waals surface area contributed by atoms with Gasteiger partial charge in [-0.1, -0.05) is 6.07 Å². The molecule has 0 aliphatic carbocycles. The number of nitro benzene ring substituents is 1. The maximum absolute atomic E-state index is 12.6. The third kappa shape index (κ3) is 5.14. The van der Waals surface area contributed by atoms with Crippen LogP contribution in [0.15, 0.2) is 65.7 Å². The highest BCUT2D eigenvalue weighted by molar-refractivity contribution is 7.92. The third-order valence-corrected chi connectivity index (χ3v) is 5.67. The molecule has 0 aliphatic heterocycles. The second-order valence-electron chi connectivity index (χ2n) is 6.43. The zero-order chi connectivity index (χ0) is 22.6. The fourth-order valence-corrected chi connectivity index (χ4v) is 3.71. The standard InChI is InChI=1S/C20H18N4O6S/c1-13-3-9-17(11-18(13)24(26)27)31(28,29)23-15-6-4-14(5-7-15)20(25)22-16-8-10-19(30-2)21-12-16/h3-12,23H,1-2H3,(H,22,25). The fourth-order valence-electron chi connectivity index (χ4n) is 2.64. The van der Waals surface area contributed by atoms with E-state index in [1.165, 1.54) is 56.6 Å². The first-order chi connectivity index (χ1) is 14.7. The van der Waals surface area contributed by atoms with Crippen molar-refractivity contribution in [2.75, 3.05) is 17.1 Å². The van der Waals surface area contributed by atoms with Crippen molar-refractivity contribution in [2.24, 2.45) is 0 Å². The number of carbonyl (C=O) groups is 1. The molecule has 0 fully saturated rings. The number of aryl methyl sites for hydroxylation is 1. The lowest BCUT2D eigenvalue weighted by molar-refractivity contribution is -0.385. The zero-order valence-corrected chi connectivity index (χ0v) is 17.3. The SMILES string of the molecule is COc1ccc(NC(=O)c2ccc(NS(=O)(=O)c3ccc(C)c([N+](=O)[O-])c3)cc2)cn1. The molecule has 0 spiro atoms. The maximum atomic E-state index is 12.6. The summed E-state index contributed by atoms with van der Waals surface area (Å²) in [5, 5.41) is 13.7. The Kier molecular flexibility index (Phi) is 6.16. The molecule has 1 aromatic heterocycles. The van der Waals surface area contributed by atoms with Gasteiger partial charge in [0.25, 0.3) is 21.6 Å². The van der Waals surface area contributed by atoms with Crippen molar-refractivity contribution in [1.82, 2.24) is 4.98 Å². The van der Waals surface area contributed by atoms with Crippen LogP contribution in [-0.2, 0) is 10.0 Å². The molecule has 160 valence electrons. The summed E-state index contributed by atoms with van der Waals surface area (Å²) in [6, 6.07) is 12.6. The molecule has 11 heteroatoms. The van der Waals surface area contributed by atoms with Gasteiger partial charge in [-0.15, -0.1) is 0 Å². The molecule has 0 atom stereocenters. The predicted octanol–water partition coefficient (Wildman–Crippen LogP) is 3.36. The van der Waals surface area contributed by atoms with Gasteiger partial charge in [-0.05, 0) is 43.3 Å². The van der Waals surface area contributed by atoms with Crippen LogP contribution in [0.25, 0.3) is 0 Å². The summed E-state index contributed by atoms with van der Waals surface area (Å²) in [6.45, 7) is 1.52. The molecule has 3 aromatic rings. The number of aromatic nitrogens is 1. The molecular formula is C20H18N4O6S. The summed E-state index contributed by atoms with van der Waals surface area (Å²) < 4.78 is 32.4. The van der Waals surface area contributed by atoms with Crippen LogP contribution in [0, 0.1) is 17.0 Å². The van der Waals surface area contributed by atoms with Crippen molar-refractivity contribution >= 4 is 33.0 Å². The summed E-state index contributed by atoms with van der Waals surface area (Å²) in [5.41, 5.74) is 1.03. The number of hydrogen-bond acceptors (Lipinski definition) is 7. The number of carbonyl (C=O) groups excluding carboxylic acids is 1. The van der Waals surface area contributed by atoms with Gasteiger partial charge in [0.05, 0.1) is 28.8 Å². The Bertz CT molecular complexity index is 1230. The van der Waals surface area contributed by atoms with Gasteiger partial charge >= 0.3 is 0 Å². The number of anilines is 2. The van der Waals surface area contributed by atoms with E-state index in [2.05, 4.69) is 15.0 Å². The third-order valence-electron chi connectivity index (χ3n) is 4.29. The topological polar surface area (TPSA) is 141 Å². The molecule has 31 heavy (non-hydrogen) atoms. The summed E-state index contributed by atoms with van der Waals surface area (Å²) in [5.74, 6) is 0.00378. The van der Waals surface area contributed by atoms with E-state index in [1.807, 2.05) is 0 Å². The lowest BCUT2D eigenvalue weighted by Gasteiger charge is -2.10. The number of amides is 1. The van der Waals surface area contributed by atoms with E-state index in [0.29, 0.717) is 22.7 Å². The summed E-state index contributed by atoms with van der Waals surface area (Å²) in [4.78, 5) is 26.5. The van der Waals surface area contributed by atoms with Crippen molar-refractivity contribution < 1.29 is 22.9 Å². The Morgan fingerprint density at radius 1 is 1.06 bits per heavy atom. The van der Waals surface area contributed by atoms with Crippen LogP contribution in [-0.4, -0.2) is 31.3 Å². The molecule has 1 amide bonds. The van der Waals surface area contributed by atoms with Crippen molar-refractivity contribution in [3.05, 3.63) is 82.0 Å². The van der Waals surface area contributed by atoms with Crippen LogP contribution in [0.2, 0.25) is 0 Å². The van der Waals surface area contributed by atoms with E-state index >= 15 is 0 Å². The lowest BCUT2D eigenvalue weighted by atomic mass is 10.2. The summed E-state index contributed by atoms with van der Waals surface area (Å²) in [6.07, 6.45) is 1.44. The highest BCUT2D eigenvalue weighted by Gasteiger charge is 2.20. The van der Waals surface area contributed by atoms with Gasteiger partial charge < -0.3 is 10.1 Å². The van der Waals surface area contributed by atoms with Crippen LogP contribution in [0.1, 0.15) is 15.9 Å². The number of nitrogens with one attached hydrogen (secondary N) is 2. The number of pyridine rings is 1. The van der Waals surface area contributed by atoms with Crippen molar-refractivity contribution in [1.29, 1.82) is 0 Å². The highest BCUT2D eigenvalue weighted by atomic mass is 32.2. The van der Waals surface area contributed by atoms with E-state index in [0.717, 1.165) is 6.07 Å². The van der Waals surface area contributed by atoms with E-state index < -0.39 is 20.9 Å². The number of ether oxygens (including phenoxy) is 1. The van der Waals surface area contributed by atoms with E-state index in [-0.39, 0.29) is 16.3 Å². The highest BCUT2D eigenvalue weighted by Crippen LogP contribution is 2.24. The minimum atomic E-state index is -4.05. The molecule has 0 radical (unpaired) electrons. The molecule has 0 saturated heterocycles. The quantitative estimate of drug-likeness (QED) is 0.422. The van der Waals surface area contributed by atoms with Crippen molar-refractivity contribution in [3.63, 3.8) is 0 Å². The lowest BCUT2D eigenvalue weighted by Crippen LogP contribution is -2.14. The van der Waals surface area contributed by atoms with Crippen LogP contribution in [0.5, 0.6) is 5.88 Å². The maximum Gasteiger partial charge on any atom is 0.273 e.